The second kappa shape index (κ2) is 8.69. The van der Waals surface area contributed by atoms with Crippen molar-refractivity contribution in [2.24, 2.45) is 11.8 Å². The number of aryl methyl sites for hydroxylation is 2. The van der Waals surface area contributed by atoms with E-state index in [-0.39, 0.29) is 41.7 Å². The molecule has 2 amide bonds. The fraction of sp³-hybridized carbons (Fsp3) is 0.652. The molecule has 30 heavy (non-hydrogen) atoms. The van der Waals surface area contributed by atoms with Crippen LogP contribution in [0.5, 0.6) is 0 Å². The second-order valence-electron chi connectivity index (χ2n) is 9.30. The van der Waals surface area contributed by atoms with Crippen LogP contribution in [0.15, 0.2) is 24.3 Å². The van der Waals surface area contributed by atoms with Crippen molar-refractivity contribution >= 4 is 21.7 Å². The first-order valence-corrected chi connectivity index (χ1v) is 13.0. The Morgan fingerprint density at radius 3 is 2.43 bits per heavy atom. The van der Waals surface area contributed by atoms with Gasteiger partial charge in [-0.3, -0.25) is 9.59 Å². The Morgan fingerprint density at radius 1 is 1.10 bits per heavy atom. The predicted molar refractivity (Wildman–Crippen MR) is 116 cm³/mol. The maximum Gasteiger partial charge on any atom is 0.227 e. The molecule has 0 saturated carbocycles. The fourth-order valence-electron chi connectivity index (χ4n) is 5.10. The molecule has 3 heterocycles. The molecule has 0 radical (unpaired) electrons. The van der Waals surface area contributed by atoms with Crippen LogP contribution in [0.25, 0.3) is 0 Å². The van der Waals surface area contributed by atoms with E-state index in [0.717, 1.165) is 38.8 Å². The Bertz CT molecular complexity index is 888. The van der Waals surface area contributed by atoms with E-state index < -0.39 is 9.84 Å². The Balaban J connectivity index is 1.24. The average molecular weight is 433 g/mol. The van der Waals surface area contributed by atoms with Crippen molar-refractivity contribution in [3.8, 4) is 0 Å². The fourth-order valence-corrected chi connectivity index (χ4v) is 6.83. The van der Waals surface area contributed by atoms with Gasteiger partial charge < -0.3 is 9.80 Å². The van der Waals surface area contributed by atoms with Crippen LogP contribution in [-0.2, 0) is 25.8 Å². The molecular weight excluding hydrogens is 400 g/mol. The molecule has 0 aromatic heterocycles. The van der Waals surface area contributed by atoms with Gasteiger partial charge in [0.15, 0.2) is 9.84 Å². The van der Waals surface area contributed by atoms with Gasteiger partial charge in [-0.15, -0.1) is 0 Å². The van der Waals surface area contributed by atoms with Gasteiger partial charge in [-0.25, -0.2) is 8.42 Å². The lowest BCUT2D eigenvalue weighted by Gasteiger charge is -2.33. The third-order valence-electron chi connectivity index (χ3n) is 7.04. The zero-order valence-corrected chi connectivity index (χ0v) is 18.6. The normalized spacial score (nSPS) is 27.0. The summed E-state index contributed by atoms with van der Waals surface area (Å²) in [6.45, 7) is 4.01. The Kier molecular flexibility index (Phi) is 6.19. The van der Waals surface area contributed by atoms with Crippen molar-refractivity contribution in [1.82, 2.24) is 9.80 Å². The summed E-state index contributed by atoms with van der Waals surface area (Å²) in [5.41, 5.74) is 2.65. The number of hydrogen-bond acceptors (Lipinski definition) is 4. The number of likely N-dealkylation sites (tertiary alicyclic amines) is 2. The SMILES string of the molecule is Cc1ccc(CCC2CCN(C(=O)[C@H]3CC(=O)N([C@@H]4CCS(=O)(=O)C4)C3)CC2)cc1. The zero-order chi connectivity index (χ0) is 21.3. The van der Waals surface area contributed by atoms with Crippen molar-refractivity contribution in [2.45, 2.75) is 51.5 Å². The third kappa shape index (κ3) is 4.88. The summed E-state index contributed by atoms with van der Waals surface area (Å²) < 4.78 is 23.5. The first kappa shape index (κ1) is 21.3. The summed E-state index contributed by atoms with van der Waals surface area (Å²) in [6.07, 6.45) is 4.99. The predicted octanol–water partition coefficient (Wildman–Crippen LogP) is 2.20. The molecule has 164 valence electrons. The van der Waals surface area contributed by atoms with Crippen LogP contribution in [0, 0.1) is 18.8 Å². The first-order valence-electron chi connectivity index (χ1n) is 11.1. The number of carbonyl (C=O) groups excluding carboxylic acids is 2. The molecule has 3 aliphatic rings. The van der Waals surface area contributed by atoms with Crippen LogP contribution in [0.1, 0.15) is 43.2 Å². The highest BCUT2D eigenvalue weighted by Crippen LogP contribution is 2.29. The molecule has 0 aliphatic carbocycles. The van der Waals surface area contributed by atoms with Gasteiger partial charge in [0.05, 0.1) is 17.4 Å². The molecule has 3 aliphatic heterocycles. The number of nitrogens with zero attached hydrogens (tertiary/aromatic N) is 2. The highest BCUT2D eigenvalue weighted by Gasteiger charge is 2.43. The number of sulfone groups is 1. The van der Waals surface area contributed by atoms with E-state index in [0.29, 0.717) is 18.9 Å². The van der Waals surface area contributed by atoms with Gasteiger partial charge in [0.2, 0.25) is 11.8 Å². The van der Waals surface area contributed by atoms with Gasteiger partial charge in [0.1, 0.15) is 0 Å². The van der Waals surface area contributed by atoms with Gasteiger partial charge in [0.25, 0.3) is 0 Å². The number of amides is 2. The van der Waals surface area contributed by atoms with Crippen LogP contribution in [0.2, 0.25) is 0 Å². The Hall–Kier alpha value is -1.89. The lowest BCUT2D eigenvalue weighted by molar-refractivity contribution is -0.137. The molecule has 0 unspecified atom stereocenters. The lowest BCUT2D eigenvalue weighted by atomic mass is 9.90. The minimum absolute atomic E-state index is 0.0476. The van der Waals surface area contributed by atoms with Gasteiger partial charge in [0, 0.05) is 32.1 Å². The highest BCUT2D eigenvalue weighted by atomic mass is 32.2. The maximum absolute atomic E-state index is 13.0. The van der Waals surface area contributed by atoms with Crippen LogP contribution in [0.4, 0.5) is 0 Å². The van der Waals surface area contributed by atoms with E-state index in [9.17, 15) is 18.0 Å². The molecule has 0 spiro atoms. The van der Waals surface area contributed by atoms with Crippen LogP contribution in [0.3, 0.4) is 0 Å². The molecule has 3 fully saturated rings. The first-order chi connectivity index (χ1) is 14.3. The van der Waals surface area contributed by atoms with Crippen LogP contribution in [-0.4, -0.2) is 67.2 Å². The molecule has 1 aromatic rings. The molecule has 1 aromatic carbocycles. The summed E-state index contributed by atoms with van der Waals surface area (Å²) >= 11 is 0. The Labute approximate surface area is 179 Å². The number of hydrogen-bond donors (Lipinski definition) is 0. The minimum Gasteiger partial charge on any atom is -0.342 e. The topological polar surface area (TPSA) is 74.8 Å². The quantitative estimate of drug-likeness (QED) is 0.715. The molecule has 6 nitrogen and oxygen atoms in total. The zero-order valence-electron chi connectivity index (χ0n) is 17.8. The van der Waals surface area contributed by atoms with Crippen LogP contribution >= 0.6 is 0 Å². The van der Waals surface area contributed by atoms with Crippen molar-refractivity contribution in [1.29, 1.82) is 0 Å². The summed E-state index contributed by atoms with van der Waals surface area (Å²) in [4.78, 5) is 29.0. The summed E-state index contributed by atoms with van der Waals surface area (Å²) in [7, 11) is -3.04. The summed E-state index contributed by atoms with van der Waals surface area (Å²) in [5, 5.41) is 0. The molecule has 7 heteroatoms. The lowest BCUT2D eigenvalue weighted by Crippen LogP contribution is -2.43. The van der Waals surface area contributed by atoms with Crippen molar-refractivity contribution in [2.75, 3.05) is 31.1 Å². The van der Waals surface area contributed by atoms with Gasteiger partial charge in [-0.1, -0.05) is 29.8 Å². The monoisotopic (exact) mass is 432 g/mol. The smallest absolute Gasteiger partial charge is 0.227 e. The molecule has 2 atom stereocenters. The van der Waals surface area contributed by atoms with E-state index in [1.165, 1.54) is 11.1 Å². The third-order valence-corrected chi connectivity index (χ3v) is 8.80. The van der Waals surface area contributed by atoms with E-state index in [1.807, 2.05) is 4.90 Å². The number of benzene rings is 1. The molecule has 3 saturated heterocycles. The molecule has 0 N–H and O–H groups in total. The van der Waals surface area contributed by atoms with E-state index >= 15 is 0 Å². The van der Waals surface area contributed by atoms with Gasteiger partial charge in [-0.05, 0) is 50.5 Å². The minimum atomic E-state index is -3.04. The van der Waals surface area contributed by atoms with E-state index in [1.54, 1.807) is 4.90 Å². The Morgan fingerprint density at radius 2 is 1.80 bits per heavy atom. The standard InChI is InChI=1S/C23H32N2O4S/c1-17-2-4-18(5-3-17)6-7-19-8-11-24(12-9-19)23(27)20-14-22(26)25(15-20)21-10-13-30(28,29)16-21/h2-5,19-21H,6-16H2,1H3/t20-,21+/m0/s1. The maximum atomic E-state index is 13.0. The van der Waals surface area contributed by atoms with Crippen molar-refractivity contribution in [3.63, 3.8) is 0 Å². The van der Waals surface area contributed by atoms with Crippen molar-refractivity contribution in [3.05, 3.63) is 35.4 Å². The van der Waals surface area contributed by atoms with Gasteiger partial charge >= 0.3 is 0 Å². The summed E-state index contributed by atoms with van der Waals surface area (Å²) in [6, 6.07) is 8.47. The van der Waals surface area contributed by atoms with Crippen molar-refractivity contribution < 1.29 is 18.0 Å². The summed E-state index contributed by atoms with van der Waals surface area (Å²) in [5.74, 6) is 0.528. The second-order valence-corrected chi connectivity index (χ2v) is 11.5. The number of carbonyl (C=O) groups is 2. The van der Waals surface area contributed by atoms with Gasteiger partial charge in [-0.2, -0.15) is 0 Å². The molecule has 4 rings (SSSR count). The van der Waals surface area contributed by atoms with Crippen LogP contribution < -0.4 is 0 Å². The van der Waals surface area contributed by atoms with E-state index in [2.05, 4.69) is 31.2 Å². The average Bonchev–Trinajstić information content (AvgIpc) is 3.29. The molecular formula is C23H32N2O4S. The number of piperidine rings is 1. The molecule has 0 bridgehead atoms. The highest BCUT2D eigenvalue weighted by molar-refractivity contribution is 7.91. The van der Waals surface area contributed by atoms with E-state index in [4.69, 9.17) is 0 Å². The largest absolute Gasteiger partial charge is 0.342 e. The number of rotatable bonds is 5.